The Morgan fingerprint density at radius 1 is 0.967 bits per heavy atom. The van der Waals surface area contributed by atoms with E-state index in [1.165, 1.54) is 7.11 Å². The summed E-state index contributed by atoms with van der Waals surface area (Å²) in [5.74, 6) is -0.0934. The normalized spacial score (nSPS) is 15.0. The minimum Gasteiger partial charge on any atom is -0.494 e. The summed E-state index contributed by atoms with van der Waals surface area (Å²) in [4.78, 5) is 38.2. The SMILES string of the molecule is COc1cc(NC(=O)C(=O)Nc2ccc3c(c2)OCCO3)ccc1N1CCCC1=O. The van der Waals surface area contributed by atoms with Gasteiger partial charge >= 0.3 is 11.8 Å². The summed E-state index contributed by atoms with van der Waals surface area (Å²) in [6.07, 6.45) is 1.29. The van der Waals surface area contributed by atoms with E-state index in [-0.39, 0.29) is 5.91 Å². The van der Waals surface area contributed by atoms with E-state index >= 15 is 0 Å². The number of amides is 3. The van der Waals surface area contributed by atoms with Crippen LogP contribution in [0, 0.1) is 0 Å². The zero-order valence-electron chi connectivity index (χ0n) is 16.4. The first-order valence-corrected chi connectivity index (χ1v) is 9.55. The molecule has 0 atom stereocenters. The number of benzene rings is 2. The highest BCUT2D eigenvalue weighted by Crippen LogP contribution is 2.34. The van der Waals surface area contributed by atoms with Crippen LogP contribution in [-0.4, -0.2) is 44.6 Å². The summed E-state index contributed by atoms with van der Waals surface area (Å²) >= 11 is 0. The number of methoxy groups -OCH3 is 1. The Labute approximate surface area is 172 Å². The van der Waals surface area contributed by atoms with Gasteiger partial charge in [-0.15, -0.1) is 0 Å². The third-order valence-electron chi connectivity index (χ3n) is 4.81. The van der Waals surface area contributed by atoms with Gasteiger partial charge in [-0.05, 0) is 30.7 Å². The van der Waals surface area contributed by atoms with Crippen molar-refractivity contribution in [2.75, 3.05) is 42.4 Å². The van der Waals surface area contributed by atoms with Gasteiger partial charge < -0.3 is 29.7 Å². The van der Waals surface area contributed by atoms with Gasteiger partial charge in [-0.25, -0.2) is 0 Å². The summed E-state index contributed by atoms with van der Waals surface area (Å²) in [5, 5.41) is 5.07. The fourth-order valence-electron chi connectivity index (χ4n) is 3.38. The van der Waals surface area contributed by atoms with Gasteiger partial charge in [-0.2, -0.15) is 0 Å². The molecule has 2 aromatic carbocycles. The zero-order chi connectivity index (χ0) is 21.1. The number of hydrogen-bond acceptors (Lipinski definition) is 6. The molecule has 0 spiro atoms. The molecule has 2 aliphatic rings. The van der Waals surface area contributed by atoms with E-state index in [2.05, 4.69) is 10.6 Å². The van der Waals surface area contributed by atoms with Crippen molar-refractivity contribution in [2.24, 2.45) is 0 Å². The lowest BCUT2D eigenvalue weighted by atomic mass is 10.2. The zero-order valence-corrected chi connectivity index (χ0v) is 16.4. The fraction of sp³-hybridized carbons (Fsp3) is 0.286. The molecule has 0 aliphatic carbocycles. The number of rotatable bonds is 4. The molecule has 0 saturated carbocycles. The van der Waals surface area contributed by atoms with Crippen molar-refractivity contribution < 1.29 is 28.6 Å². The lowest BCUT2D eigenvalue weighted by molar-refractivity contribution is -0.133. The maximum absolute atomic E-state index is 12.3. The second-order valence-electron chi connectivity index (χ2n) is 6.80. The average molecular weight is 411 g/mol. The molecule has 2 aromatic rings. The van der Waals surface area contributed by atoms with Crippen LogP contribution in [0.15, 0.2) is 36.4 Å². The molecule has 0 unspecified atom stereocenters. The van der Waals surface area contributed by atoms with Crippen LogP contribution >= 0.6 is 0 Å². The van der Waals surface area contributed by atoms with E-state index in [0.717, 1.165) is 6.42 Å². The Bertz CT molecular complexity index is 1010. The summed E-state index contributed by atoms with van der Waals surface area (Å²) < 4.78 is 16.3. The van der Waals surface area contributed by atoms with Crippen LogP contribution in [-0.2, 0) is 14.4 Å². The average Bonchev–Trinajstić information content (AvgIpc) is 3.19. The van der Waals surface area contributed by atoms with Gasteiger partial charge in [0.15, 0.2) is 11.5 Å². The topological polar surface area (TPSA) is 106 Å². The number of fused-ring (bicyclic) bond motifs is 1. The third kappa shape index (κ3) is 4.00. The van der Waals surface area contributed by atoms with Crippen molar-refractivity contribution >= 4 is 34.8 Å². The Morgan fingerprint density at radius 2 is 1.63 bits per heavy atom. The Balaban J connectivity index is 1.43. The minimum atomic E-state index is -0.836. The van der Waals surface area contributed by atoms with Crippen molar-refractivity contribution in [2.45, 2.75) is 12.8 Å². The smallest absolute Gasteiger partial charge is 0.314 e. The lowest BCUT2D eigenvalue weighted by Gasteiger charge is -2.20. The number of anilines is 3. The highest BCUT2D eigenvalue weighted by molar-refractivity contribution is 6.43. The van der Waals surface area contributed by atoms with E-state index in [0.29, 0.717) is 60.5 Å². The van der Waals surface area contributed by atoms with Gasteiger partial charge in [0, 0.05) is 36.5 Å². The molecule has 156 valence electrons. The molecule has 0 radical (unpaired) electrons. The van der Waals surface area contributed by atoms with Gasteiger partial charge in [0.05, 0.1) is 12.8 Å². The number of nitrogens with zero attached hydrogens (tertiary/aromatic N) is 1. The molecule has 2 heterocycles. The quantitative estimate of drug-likeness (QED) is 0.747. The summed E-state index contributed by atoms with van der Waals surface area (Å²) in [6.45, 7) is 1.51. The van der Waals surface area contributed by atoms with Crippen molar-refractivity contribution in [3.8, 4) is 17.2 Å². The maximum Gasteiger partial charge on any atom is 0.314 e. The molecule has 0 bridgehead atoms. The van der Waals surface area contributed by atoms with E-state index in [9.17, 15) is 14.4 Å². The number of nitrogens with one attached hydrogen (secondary N) is 2. The molecule has 30 heavy (non-hydrogen) atoms. The predicted molar refractivity (Wildman–Crippen MR) is 109 cm³/mol. The van der Waals surface area contributed by atoms with Crippen LogP contribution in [0.25, 0.3) is 0 Å². The molecule has 9 nitrogen and oxygen atoms in total. The number of ether oxygens (including phenoxy) is 3. The van der Waals surface area contributed by atoms with Crippen molar-refractivity contribution in [1.29, 1.82) is 0 Å². The van der Waals surface area contributed by atoms with Crippen LogP contribution in [0.4, 0.5) is 17.1 Å². The van der Waals surface area contributed by atoms with Gasteiger partial charge in [0.25, 0.3) is 0 Å². The summed E-state index contributed by atoms with van der Waals surface area (Å²) in [7, 11) is 1.49. The van der Waals surface area contributed by atoms with Crippen molar-refractivity contribution in [3.05, 3.63) is 36.4 Å². The Hall–Kier alpha value is -3.75. The first-order chi connectivity index (χ1) is 14.5. The lowest BCUT2D eigenvalue weighted by Crippen LogP contribution is -2.29. The fourth-order valence-corrected chi connectivity index (χ4v) is 3.38. The van der Waals surface area contributed by atoms with E-state index in [1.807, 2.05) is 0 Å². The standard InChI is InChI=1S/C21H21N3O6/c1-28-17-11-13(4-6-15(17)24-8-2-3-19(24)25)22-20(26)21(27)23-14-5-7-16-18(12-14)30-10-9-29-16/h4-7,11-12H,2-3,8-10H2,1H3,(H,22,26)(H,23,27). The highest BCUT2D eigenvalue weighted by Gasteiger charge is 2.25. The molecular weight excluding hydrogens is 390 g/mol. The molecule has 1 saturated heterocycles. The maximum atomic E-state index is 12.3. The van der Waals surface area contributed by atoms with Gasteiger partial charge in [0.1, 0.15) is 19.0 Å². The Morgan fingerprint density at radius 3 is 2.30 bits per heavy atom. The molecular formula is C21H21N3O6. The van der Waals surface area contributed by atoms with Crippen molar-refractivity contribution in [3.63, 3.8) is 0 Å². The molecule has 0 aromatic heterocycles. The second kappa shape index (κ2) is 8.32. The molecule has 9 heteroatoms. The van der Waals surface area contributed by atoms with E-state index in [4.69, 9.17) is 14.2 Å². The number of carbonyl (C=O) groups is 3. The molecule has 2 aliphatic heterocycles. The van der Waals surface area contributed by atoms with Gasteiger partial charge in [-0.3, -0.25) is 14.4 Å². The van der Waals surface area contributed by atoms with E-state index in [1.54, 1.807) is 41.3 Å². The molecule has 4 rings (SSSR count). The minimum absolute atomic E-state index is 0.0314. The third-order valence-corrected chi connectivity index (χ3v) is 4.81. The van der Waals surface area contributed by atoms with Gasteiger partial charge in [0.2, 0.25) is 5.91 Å². The second-order valence-corrected chi connectivity index (χ2v) is 6.80. The van der Waals surface area contributed by atoms with Crippen LogP contribution < -0.4 is 29.7 Å². The first kappa shape index (κ1) is 19.6. The largest absolute Gasteiger partial charge is 0.494 e. The monoisotopic (exact) mass is 411 g/mol. The number of carbonyl (C=O) groups excluding carboxylic acids is 3. The van der Waals surface area contributed by atoms with Crippen molar-refractivity contribution in [1.82, 2.24) is 0 Å². The molecule has 1 fully saturated rings. The first-order valence-electron chi connectivity index (χ1n) is 9.55. The molecule has 3 amide bonds. The highest BCUT2D eigenvalue weighted by atomic mass is 16.6. The van der Waals surface area contributed by atoms with Crippen LogP contribution in [0.3, 0.4) is 0 Å². The van der Waals surface area contributed by atoms with Gasteiger partial charge in [-0.1, -0.05) is 0 Å². The van der Waals surface area contributed by atoms with Crippen LogP contribution in [0.1, 0.15) is 12.8 Å². The number of hydrogen-bond donors (Lipinski definition) is 2. The van der Waals surface area contributed by atoms with Crippen LogP contribution in [0.5, 0.6) is 17.2 Å². The summed E-state index contributed by atoms with van der Waals surface area (Å²) in [5.41, 5.74) is 1.43. The Kier molecular flexibility index (Phi) is 5.42. The van der Waals surface area contributed by atoms with E-state index < -0.39 is 11.8 Å². The van der Waals surface area contributed by atoms with Crippen LogP contribution in [0.2, 0.25) is 0 Å². The summed E-state index contributed by atoms with van der Waals surface area (Å²) in [6, 6.07) is 9.80. The molecule has 2 N–H and O–H groups in total. The predicted octanol–water partition coefficient (Wildman–Crippen LogP) is 2.17.